The van der Waals surface area contributed by atoms with E-state index in [0.717, 1.165) is 16.7 Å². The van der Waals surface area contributed by atoms with Gasteiger partial charge in [0.15, 0.2) is 0 Å². The van der Waals surface area contributed by atoms with E-state index >= 15 is 0 Å². The summed E-state index contributed by atoms with van der Waals surface area (Å²) in [4.78, 5) is 24.3. The zero-order valence-corrected chi connectivity index (χ0v) is 22.3. The third-order valence-electron chi connectivity index (χ3n) is 6.61. The standard InChI is InChI=1S/C31H25Cl2NO5/c32-26-8-4-7-22(19-5-2-1-3-6-19)23(26)13-15-34-30(35)20-9-11-21(12-10-20)39-29-18-28-25(17-27(29)33)24(31(36)37)14-16-38-28/h1-12,17-18,24H,13-16H2,(H,34,35)(H,36,37). The van der Waals surface area contributed by atoms with Crippen molar-refractivity contribution in [3.8, 4) is 28.4 Å². The lowest BCUT2D eigenvalue weighted by Gasteiger charge is -2.24. The number of carboxylic acid groups (broad SMARTS) is 1. The number of carboxylic acids is 1. The molecule has 0 saturated heterocycles. The van der Waals surface area contributed by atoms with Crippen molar-refractivity contribution in [1.29, 1.82) is 0 Å². The molecule has 0 aromatic heterocycles. The lowest BCUT2D eigenvalue weighted by Crippen LogP contribution is -2.25. The first-order valence-electron chi connectivity index (χ1n) is 12.5. The smallest absolute Gasteiger partial charge is 0.311 e. The highest BCUT2D eigenvalue weighted by Crippen LogP contribution is 2.41. The number of aliphatic carboxylic acids is 1. The number of benzene rings is 4. The van der Waals surface area contributed by atoms with Crippen molar-refractivity contribution >= 4 is 35.1 Å². The highest BCUT2D eigenvalue weighted by atomic mass is 35.5. The third kappa shape index (κ3) is 6.03. The Morgan fingerprint density at radius 3 is 2.46 bits per heavy atom. The lowest BCUT2D eigenvalue weighted by molar-refractivity contribution is -0.139. The van der Waals surface area contributed by atoms with Gasteiger partial charge in [0, 0.05) is 28.8 Å². The van der Waals surface area contributed by atoms with Crippen molar-refractivity contribution in [1.82, 2.24) is 5.32 Å². The molecule has 1 aliphatic rings. The maximum absolute atomic E-state index is 12.8. The van der Waals surface area contributed by atoms with Crippen LogP contribution >= 0.6 is 23.2 Å². The highest BCUT2D eigenvalue weighted by molar-refractivity contribution is 6.32. The van der Waals surface area contributed by atoms with Gasteiger partial charge in [-0.25, -0.2) is 0 Å². The molecule has 5 rings (SSSR count). The van der Waals surface area contributed by atoms with Gasteiger partial charge in [-0.1, -0.05) is 65.7 Å². The Bertz CT molecular complexity index is 1510. The predicted octanol–water partition coefficient (Wildman–Crippen LogP) is 7.38. The number of halogens is 2. The summed E-state index contributed by atoms with van der Waals surface area (Å²) < 4.78 is 11.5. The van der Waals surface area contributed by atoms with Crippen LogP contribution in [0, 0.1) is 0 Å². The summed E-state index contributed by atoms with van der Waals surface area (Å²) in [5.74, 6) is -0.537. The van der Waals surface area contributed by atoms with Crippen LogP contribution in [-0.2, 0) is 11.2 Å². The van der Waals surface area contributed by atoms with Gasteiger partial charge in [0.2, 0.25) is 0 Å². The van der Waals surface area contributed by atoms with Crippen molar-refractivity contribution in [2.24, 2.45) is 0 Å². The van der Waals surface area contributed by atoms with Gasteiger partial charge in [-0.15, -0.1) is 0 Å². The average Bonchev–Trinajstić information content (AvgIpc) is 2.94. The highest BCUT2D eigenvalue weighted by Gasteiger charge is 2.29. The predicted molar refractivity (Wildman–Crippen MR) is 151 cm³/mol. The summed E-state index contributed by atoms with van der Waals surface area (Å²) in [6.07, 6.45) is 0.966. The molecule has 1 unspecified atom stereocenters. The van der Waals surface area contributed by atoms with Gasteiger partial charge in [-0.05, 0) is 65.9 Å². The largest absolute Gasteiger partial charge is 0.493 e. The van der Waals surface area contributed by atoms with E-state index in [4.69, 9.17) is 32.7 Å². The number of nitrogens with one attached hydrogen (secondary N) is 1. The van der Waals surface area contributed by atoms with Crippen molar-refractivity contribution in [2.45, 2.75) is 18.8 Å². The molecule has 8 heteroatoms. The van der Waals surface area contributed by atoms with Crippen molar-refractivity contribution in [3.05, 3.63) is 112 Å². The van der Waals surface area contributed by atoms with E-state index in [9.17, 15) is 14.7 Å². The van der Waals surface area contributed by atoms with E-state index in [2.05, 4.69) is 5.32 Å². The number of hydrogen-bond acceptors (Lipinski definition) is 4. The Kier molecular flexibility index (Phi) is 8.05. The molecule has 1 atom stereocenters. The van der Waals surface area contributed by atoms with Gasteiger partial charge < -0.3 is 19.9 Å². The van der Waals surface area contributed by atoms with Gasteiger partial charge in [-0.3, -0.25) is 9.59 Å². The molecule has 2 N–H and O–H groups in total. The van der Waals surface area contributed by atoms with Crippen molar-refractivity contribution < 1.29 is 24.2 Å². The molecule has 198 valence electrons. The van der Waals surface area contributed by atoms with Crippen LogP contribution < -0.4 is 14.8 Å². The van der Waals surface area contributed by atoms with Gasteiger partial charge in [-0.2, -0.15) is 0 Å². The fraction of sp³-hybridized carbons (Fsp3) is 0.161. The molecule has 4 aromatic rings. The second-order valence-corrected chi connectivity index (χ2v) is 9.93. The molecule has 0 bridgehead atoms. The molecule has 1 amide bonds. The normalized spacial score (nSPS) is 14.2. The number of amides is 1. The molecule has 0 radical (unpaired) electrons. The number of fused-ring (bicyclic) bond motifs is 1. The fourth-order valence-corrected chi connectivity index (χ4v) is 5.11. The Labute approximate surface area is 236 Å². The Hall–Kier alpha value is -4.00. The topological polar surface area (TPSA) is 84.9 Å². The SMILES string of the molecule is O=C(NCCc1c(Cl)cccc1-c1ccccc1)c1ccc(Oc2cc3c(cc2Cl)C(C(=O)O)CCO3)cc1. The van der Waals surface area contributed by atoms with Gasteiger partial charge in [0.25, 0.3) is 5.91 Å². The molecule has 1 aliphatic heterocycles. The molecule has 4 aromatic carbocycles. The molecular weight excluding hydrogens is 537 g/mol. The zero-order chi connectivity index (χ0) is 27.4. The van der Waals surface area contributed by atoms with Crippen LogP contribution in [0.5, 0.6) is 17.2 Å². The molecule has 39 heavy (non-hydrogen) atoms. The van der Waals surface area contributed by atoms with E-state index in [1.807, 2.05) is 48.5 Å². The minimum Gasteiger partial charge on any atom is -0.493 e. The minimum atomic E-state index is -0.915. The van der Waals surface area contributed by atoms with Crippen molar-refractivity contribution in [3.63, 3.8) is 0 Å². The minimum absolute atomic E-state index is 0.213. The second-order valence-electron chi connectivity index (χ2n) is 9.11. The second kappa shape index (κ2) is 11.8. The lowest BCUT2D eigenvalue weighted by atomic mass is 9.93. The van der Waals surface area contributed by atoms with Crippen LogP contribution in [0.2, 0.25) is 10.0 Å². The summed E-state index contributed by atoms with van der Waals surface area (Å²) in [7, 11) is 0. The van der Waals surface area contributed by atoms with Crippen LogP contribution in [0.1, 0.15) is 33.8 Å². The van der Waals surface area contributed by atoms with E-state index < -0.39 is 11.9 Å². The first kappa shape index (κ1) is 26.6. The average molecular weight is 562 g/mol. The van der Waals surface area contributed by atoms with Crippen molar-refractivity contribution in [2.75, 3.05) is 13.2 Å². The molecule has 1 heterocycles. The molecule has 0 fully saturated rings. The Morgan fingerprint density at radius 1 is 0.949 bits per heavy atom. The molecule has 0 saturated carbocycles. The Balaban J connectivity index is 1.22. The fourth-order valence-electron chi connectivity index (χ4n) is 4.63. The number of carbonyl (C=O) groups is 2. The number of carbonyl (C=O) groups excluding carboxylic acids is 1. The van der Waals surface area contributed by atoms with Crippen LogP contribution in [0.25, 0.3) is 11.1 Å². The molecule has 0 spiro atoms. The first-order chi connectivity index (χ1) is 18.9. The van der Waals surface area contributed by atoms with Crippen LogP contribution in [0.15, 0.2) is 84.9 Å². The summed E-state index contributed by atoms with van der Waals surface area (Å²) in [5.41, 5.74) is 4.11. The molecule has 0 aliphatic carbocycles. The van der Waals surface area contributed by atoms with E-state index in [-0.39, 0.29) is 10.9 Å². The van der Waals surface area contributed by atoms with Gasteiger partial charge >= 0.3 is 5.97 Å². The number of ether oxygens (including phenoxy) is 2. The van der Waals surface area contributed by atoms with E-state index in [1.54, 1.807) is 36.4 Å². The summed E-state index contributed by atoms with van der Waals surface area (Å²) in [6.45, 7) is 0.724. The van der Waals surface area contributed by atoms with Crippen LogP contribution in [0.4, 0.5) is 0 Å². The quantitative estimate of drug-likeness (QED) is 0.234. The number of rotatable bonds is 8. The van der Waals surface area contributed by atoms with Crippen LogP contribution in [-0.4, -0.2) is 30.1 Å². The van der Waals surface area contributed by atoms with E-state index in [0.29, 0.717) is 59.4 Å². The zero-order valence-electron chi connectivity index (χ0n) is 20.8. The van der Waals surface area contributed by atoms with E-state index in [1.165, 1.54) is 0 Å². The summed E-state index contributed by atoms with van der Waals surface area (Å²) in [6, 6.07) is 25.7. The van der Waals surface area contributed by atoms with Gasteiger partial charge in [0.1, 0.15) is 17.2 Å². The van der Waals surface area contributed by atoms with Gasteiger partial charge in [0.05, 0.1) is 17.5 Å². The molecular formula is C31H25Cl2NO5. The number of hydrogen-bond donors (Lipinski definition) is 2. The maximum Gasteiger partial charge on any atom is 0.311 e. The first-order valence-corrected chi connectivity index (χ1v) is 13.2. The van der Waals surface area contributed by atoms with Crippen LogP contribution in [0.3, 0.4) is 0 Å². The third-order valence-corrected chi connectivity index (χ3v) is 7.26. The monoisotopic (exact) mass is 561 g/mol. The summed E-state index contributed by atoms with van der Waals surface area (Å²) in [5, 5.41) is 13.4. The Morgan fingerprint density at radius 2 is 1.72 bits per heavy atom. The maximum atomic E-state index is 12.8. The molecule has 6 nitrogen and oxygen atoms in total. The summed E-state index contributed by atoms with van der Waals surface area (Å²) >= 11 is 12.9.